The lowest BCUT2D eigenvalue weighted by Crippen LogP contribution is -2.46. The number of aliphatic carboxylic acids is 1. The maximum absolute atomic E-state index is 10.6. The number of fused-ring (bicyclic) bond motifs is 1. The highest BCUT2D eigenvalue weighted by Gasteiger charge is 2.38. The first-order valence-corrected chi connectivity index (χ1v) is 12.5. The molecule has 7 nitrogen and oxygen atoms in total. The zero-order valence-electron chi connectivity index (χ0n) is 21.0. The van der Waals surface area contributed by atoms with Gasteiger partial charge in [-0.1, -0.05) is 50.2 Å². The number of hydrogen-bond acceptors (Lipinski definition) is 6. The van der Waals surface area contributed by atoms with Crippen molar-refractivity contribution >= 4 is 28.6 Å². The Labute approximate surface area is 214 Å². The molecule has 0 atom stereocenters. The summed E-state index contributed by atoms with van der Waals surface area (Å²) in [6, 6.07) is 17.8. The van der Waals surface area contributed by atoms with Gasteiger partial charge in [0.1, 0.15) is 0 Å². The molecule has 0 radical (unpaired) electrons. The van der Waals surface area contributed by atoms with Crippen molar-refractivity contribution in [3.8, 4) is 0 Å². The van der Waals surface area contributed by atoms with Gasteiger partial charge in [-0.2, -0.15) is 13.2 Å². The van der Waals surface area contributed by atoms with Gasteiger partial charge in [-0.05, 0) is 42.0 Å². The monoisotopic (exact) mass is 515 g/mol. The fourth-order valence-corrected chi connectivity index (χ4v) is 4.16. The molecule has 1 aliphatic carbocycles. The minimum atomic E-state index is -5.08. The van der Waals surface area contributed by atoms with E-state index in [2.05, 4.69) is 59.3 Å². The Morgan fingerprint density at radius 2 is 1.65 bits per heavy atom. The lowest BCUT2D eigenvalue weighted by molar-refractivity contribution is -0.192. The summed E-state index contributed by atoms with van der Waals surface area (Å²) < 4.78 is 31.7. The van der Waals surface area contributed by atoms with Crippen LogP contribution in [0.25, 0.3) is 11.0 Å². The quantitative estimate of drug-likeness (QED) is 0.462. The molecule has 0 unspecified atom stereocenters. The van der Waals surface area contributed by atoms with E-state index in [0.717, 1.165) is 55.4 Å². The number of para-hydroxylation sites is 2. The average Bonchev–Trinajstić information content (AvgIpc) is 3.68. The minimum absolute atomic E-state index is 0.564. The van der Waals surface area contributed by atoms with E-state index in [0.29, 0.717) is 12.0 Å². The van der Waals surface area contributed by atoms with Gasteiger partial charge in [0.2, 0.25) is 0 Å². The van der Waals surface area contributed by atoms with Gasteiger partial charge < -0.3 is 15.3 Å². The molecule has 1 saturated heterocycles. The normalized spacial score (nSPS) is 16.4. The molecule has 2 fully saturated rings. The number of carboxylic acid groups (broad SMARTS) is 1. The van der Waals surface area contributed by atoms with Crippen LogP contribution in [0.4, 0.5) is 24.8 Å². The van der Waals surface area contributed by atoms with Gasteiger partial charge in [-0.15, -0.1) is 0 Å². The van der Waals surface area contributed by atoms with Crippen LogP contribution in [-0.2, 0) is 11.3 Å². The number of hydrogen-bond donors (Lipinski definition) is 2. The van der Waals surface area contributed by atoms with Gasteiger partial charge in [-0.25, -0.2) is 14.8 Å². The third-order valence-electron chi connectivity index (χ3n) is 6.41. The molecule has 2 aromatic carbocycles. The molecule has 0 bridgehead atoms. The van der Waals surface area contributed by atoms with Crippen LogP contribution in [-0.4, -0.2) is 64.3 Å². The number of carbonyl (C=O) groups is 1. The number of aromatic nitrogens is 2. The molecule has 10 heteroatoms. The maximum atomic E-state index is 10.6. The number of carboxylic acids is 1. The average molecular weight is 516 g/mol. The van der Waals surface area contributed by atoms with E-state index in [1.165, 1.54) is 24.0 Å². The van der Waals surface area contributed by atoms with Crippen molar-refractivity contribution in [1.82, 2.24) is 14.9 Å². The lowest BCUT2D eigenvalue weighted by Gasteiger charge is -2.36. The van der Waals surface area contributed by atoms with E-state index in [1.807, 2.05) is 18.2 Å². The van der Waals surface area contributed by atoms with E-state index in [1.54, 1.807) is 0 Å². The second kappa shape index (κ2) is 11.3. The van der Waals surface area contributed by atoms with Crippen molar-refractivity contribution in [2.75, 3.05) is 36.4 Å². The summed E-state index contributed by atoms with van der Waals surface area (Å²) in [7, 11) is 0. The molecule has 1 aromatic heterocycles. The van der Waals surface area contributed by atoms with Crippen LogP contribution in [0.15, 0.2) is 48.5 Å². The van der Waals surface area contributed by atoms with Crippen LogP contribution in [0.1, 0.15) is 43.7 Å². The van der Waals surface area contributed by atoms with Crippen LogP contribution in [0, 0.1) is 0 Å². The predicted octanol–water partition coefficient (Wildman–Crippen LogP) is 5.28. The number of piperazine rings is 1. The summed E-state index contributed by atoms with van der Waals surface area (Å²) >= 11 is 0. The summed E-state index contributed by atoms with van der Waals surface area (Å²) in [6.07, 6.45) is -2.62. The molecule has 2 N–H and O–H groups in total. The number of alkyl halides is 3. The van der Waals surface area contributed by atoms with Crippen LogP contribution in [0.5, 0.6) is 0 Å². The van der Waals surface area contributed by atoms with Crippen molar-refractivity contribution in [2.45, 2.75) is 51.4 Å². The van der Waals surface area contributed by atoms with E-state index in [9.17, 15) is 13.2 Å². The van der Waals surface area contributed by atoms with Crippen LogP contribution in [0.2, 0.25) is 0 Å². The van der Waals surface area contributed by atoms with E-state index >= 15 is 0 Å². The number of rotatable bonds is 6. The fraction of sp³-hybridized carbons (Fsp3) is 0.444. The van der Waals surface area contributed by atoms with Gasteiger partial charge in [-0.3, -0.25) is 4.90 Å². The summed E-state index contributed by atoms with van der Waals surface area (Å²) in [5, 5.41) is 10.7. The van der Waals surface area contributed by atoms with Gasteiger partial charge in [0.25, 0.3) is 0 Å². The largest absolute Gasteiger partial charge is 0.490 e. The van der Waals surface area contributed by atoms with E-state index in [-0.39, 0.29) is 0 Å². The first-order valence-electron chi connectivity index (χ1n) is 12.5. The topological polar surface area (TPSA) is 81.6 Å². The highest BCUT2D eigenvalue weighted by Crippen LogP contribution is 2.31. The molecule has 198 valence electrons. The SMILES string of the molecule is CC(C)c1cccc(CN2CCN(c3nc4ccccc4nc3NC3CC3)CC2)c1.O=C(O)C(F)(F)F. The summed E-state index contributed by atoms with van der Waals surface area (Å²) in [5.41, 5.74) is 4.78. The minimum Gasteiger partial charge on any atom is -0.475 e. The van der Waals surface area contributed by atoms with Crippen molar-refractivity contribution in [3.05, 3.63) is 59.7 Å². The predicted molar refractivity (Wildman–Crippen MR) is 138 cm³/mol. The second-order valence-electron chi connectivity index (χ2n) is 9.77. The van der Waals surface area contributed by atoms with Crippen molar-refractivity contribution in [1.29, 1.82) is 0 Å². The summed E-state index contributed by atoms with van der Waals surface area (Å²) in [6.45, 7) is 9.59. The van der Waals surface area contributed by atoms with E-state index in [4.69, 9.17) is 19.9 Å². The molecule has 37 heavy (non-hydrogen) atoms. The lowest BCUT2D eigenvalue weighted by atomic mass is 10.0. The highest BCUT2D eigenvalue weighted by atomic mass is 19.4. The van der Waals surface area contributed by atoms with Crippen molar-refractivity contribution in [2.24, 2.45) is 0 Å². The van der Waals surface area contributed by atoms with Gasteiger partial charge in [0.05, 0.1) is 11.0 Å². The Morgan fingerprint density at radius 3 is 2.22 bits per heavy atom. The highest BCUT2D eigenvalue weighted by molar-refractivity contribution is 5.80. The van der Waals surface area contributed by atoms with Gasteiger partial charge in [0, 0.05) is 38.8 Å². The third kappa shape index (κ3) is 7.31. The number of anilines is 2. The molecule has 2 aliphatic rings. The standard InChI is InChI=1S/C25H31N5.C2HF3O2/c1-18(2)20-7-5-6-19(16-20)17-29-12-14-30(15-13-29)25-24(26-21-10-11-21)27-22-8-3-4-9-23(22)28-25;3-2(4,5)1(6)7/h3-9,16,18,21H,10-15,17H2,1-2H3,(H,26,27);(H,6,7). The fourth-order valence-electron chi connectivity index (χ4n) is 4.16. The zero-order chi connectivity index (χ0) is 26.6. The molecule has 5 rings (SSSR count). The Hall–Kier alpha value is -3.40. The van der Waals surface area contributed by atoms with Gasteiger partial charge in [0.15, 0.2) is 11.6 Å². The van der Waals surface area contributed by atoms with Gasteiger partial charge >= 0.3 is 12.1 Å². The zero-order valence-corrected chi connectivity index (χ0v) is 21.0. The molecule has 3 aromatic rings. The van der Waals surface area contributed by atoms with E-state index < -0.39 is 12.1 Å². The van der Waals surface area contributed by atoms with Crippen molar-refractivity contribution < 1.29 is 23.1 Å². The maximum Gasteiger partial charge on any atom is 0.490 e. The second-order valence-corrected chi connectivity index (χ2v) is 9.77. The number of benzene rings is 2. The molecule has 2 heterocycles. The first kappa shape index (κ1) is 26.7. The van der Waals surface area contributed by atoms with Crippen molar-refractivity contribution in [3.63, 3.8) is 0 Å². The Balaban J connectivity index is 0.000000405. The molecular weight excluding hydrogens is 483 g/mol. The van der Waals surface area contributed by atoms with Crippen LogP contribution in [0.3, 0.4) is 0 Å². The van der Waals surface area contributed by atoms with Crippen LogP contribution < -0.4 is 10.2 Å². The molecular formula is C27H32F3N5O2. The number of nitrogens with zero attached hydrogens (tertiary/aromatic N) is 4. The van der Waals surface area contributed by atoms with Crippen LogP contribution >= 0.6 is 0 Å². The Kier molecular flexibility index (Phi) is 8.16. The molecule has 0 amide bonds. The third-order valence-corrected chi connectivity index (χ3v) is 6.41. The number of halogens is 3. The Bertz CT molecular complexity index is 1220. The summed E-state index contributed by atoms with van der Waals surface area (Å²) in [5.74, 6) is -0.213. The molecule has 1 aliphatic heterocycles. The number of nitrogens with one attached hydrogen (secondary N) is 1. The molecule has 1 saturated carbocycles. The first-order chi connectivity index (χ1) is 17.6. The summed E-state index contributed by atoms with van der Waals surface area (Å²) in [4.78, 5) is 23.8. The molecule has 0 spiro atoms. The Morgan fingerprint density at radius 1 is 1.03 bits per heavy atom. The smallest absolute Gasteiger partial charge is 0.475 e.